The second kappa shape index (κ2) is 5.98. The number of anilines is 2. The van der Waals surface area contributed by atoms with Gasteiger partial charge in [0, 0.05) is 31.1 Å². The van der Waals surface area contributed by atoms with Crippen molar-refractivity contribution in [2.75, 3.05) is 23.9 Å². The first-order chi connectivity index (χ1) is 10.6. The van der Waals surface area contributed by atoms with E-state index in [9.17, 15) is 4.79 Å². The van der Waals surface area contributed by atoms with Gasteiger partial charge in [-0.2, -0.15) is 0 Å². The van der Waals surface area contributed by atoms with Crippen LogP contribution in [0.5, 0.6) is 0 Å². The Labute approximate surface area is 138 Å². The Kier molecular flexibility index (Phi) is 4.04. The number of thiocarbonyl (C=S) groups is 1. The predicted octanol–water partition coefficient (Wildman–Crippen LogP) is 3.13. The fourth-order valence-electron chi connectivity index (χ4n) is 2.25. The Hall–Kier alpha value is -2.05. The van der Waals surface area contributed by atoms with Gasteiger partial charge in [-0.25, -0.2) is 4.99 Å². The molecule has 2 heterocycles. The van der Waals surface area contributed by atoms with Gasteiger partial charge in [-0.1, -0.05) is 6.07 Å². The van der Waals surface area contributed by atoms with E-state index in [1.54, 1.807) is 11.3 Å². The zero-order valence-corrected chi connectivity index (χ0v) is 13.9. The molecule has 0 bridgehead atoms. The van der Waals surface area contributed by atoms with E-state index in [2.05, 4.69) is 4.99 Å². The topological polar surface area (TPSA) is 35.9 Å². The summed E-state index contributed by atoms with van der Waals surface area (Å²) < 4.78 is 0. The first kappa shape index (κ1) is 14.9. The van der Waals surface area contributed by atoms with Crippen molar-refractivity contribution in [3.05, 3.63) is 46.7 Å². The van der Waals surface area contributed by atoms with E-state index in [-0.39, 0.29) is 5.91 Å². The Morgan fingerprint density at radius 3 is 2.55 bits per heavy atom. The van der Waals surface area contributed by atoms with Crippen LogP contribution in [0.3, 0.4) is 0 Å². The van der Waals surface area contributed by atoms with E-state index >= 15 is 0 Å². The lowest BCUT2D eigenvalue weighted by molar-refractivity contribution is -0.111. The lowest BCUT2D eigenvalue weighted by Crippen LogP contribution is -2.33. The molecule has 22 heavy (non-hydrogen) atoms. The van der Waals surface area contributed by atoms with Crippen LogP contribution in [0.1, 0.15) is 4.88 Å². The molecule has 3 rings (SSSR count). The summed E-state index contributed by atoms with van der Waals surface area (Å²) >= 11 is 6.88. The number of hydrogen-bond donors (Lipinski definition) is 0. The molecular weight excluding hydrogens is 314 g/mol. The molecule has 0 saturated carbocycles. The molecule has 2 aromatic rings. The molecule has 0 radical (unpaired) electrons. The van der Waals surface area contributed by atoms with Gasteiger partial charge < -0.3 is 4.90 Å². The van der Waals surface area contributed by atoms with Crippen LogP contribution in [-0.4, -0.2) is 30.8 Å². The Bertz CT molecular complexity index is 733. The molecule has 112 valence electrons. The molecule has 0 atom stereocenters. The number of hydrogen-bond acceptors (Lipinski definition) is 4. The summed E-state index contributed by atoms with van der Waals surface area (Å²) in [7, 11) is 3.95. The minimum Gasteiger partial charge on any atom is -0.378 e. The summed E-state index contributed by atoms with van der Waals surface area (Å²) in [6.45, 7) is 0. The molecule has 0 spiro atoms. The van der Waals surface area contributed by atoms with Crippen LogP contribution in [0.25, 0.3) is 0 Å². The predicted molar refractivity (Wildman–Crippen MR) is 96.3 cm³/mol. The molecule has 0 fully saturated rings. The van der Waals surface area contributed by atoms with Crippen molar-refractivity contribution in [3.63, 3.8) is 0 Å². The minimum absolute atomic E-state index is 0.129. The van der Waals surface area contributed by atoms with E-state index < -0.39 is 0 Å². The number of carbonyl (C=O) groups excluding carboxylic acids is 1. The van der Waals surface area contributed by atoms with Gasteiger partial charge in [-0.15, -0.1) is 11.3 Å². The maximum Gasteiger partial charge on any atom is 0.279 e. The number of amides is 1. The van der Waals surface area contributed by atoms with E-state index in [0.717, 1.165) is 16.3 Å². The van der Waals surface area contributed by atoms with Crippen molar-refractivity contribution < 1.29 is 4.79 Å². The number of benzene rings is 1. The Morgan fingerprint density at radius 1 is 1.23 bits per heavy atom. The van der Waals surface area contributed by atoms with E-state index in [1.165, 1.54) is 4.90 Å². The van der Waals surface area contributed by atoms with Gasteiger partial charge in [0.2, 0.25) is 5.11 Å². The molecule has 1 aliphatic heterocycles. The Morgan fingerprint density at radius 2 is 1.95 bits per heavy atom. The summed E-state index contributed by atoms with van der Waals surface area (Å²) in [4.78, 5) is 21.5. The van der Waals surface area contributed by atoms with Crippen molar-refractivity contribution >= 4 is 51.7 Å². The van der Waals surface area contributed by atoms with Gasteiger partial charge in [0.1, 0.15) is 5.71 Å². The maximum atomic E-state index is 12.6. The lowest BCUT2D eigenvalue weighted by atomic mass is 10.2. The van der Waals surface area contributed by atoms with Gasteiger partial charge >= 0.3 is 0 Å². The molecule has 4 nitrogen and oxygen atoms in total. The summed E-state index contributed by atoms with van der Waals surface area (Å²) in [6.07, 6.45) is 0.531. The maximum absolute atomic E-state index is 12.6. The quantitative estimate of drug-likeness (QED) is 0.809. The zero-order chi connectivity index (χ0) is 15.7. The van der Waals surface area contributed by atoms with Crippen molar-refractivity contribution in [3.8, 4) is 0 Å². The summed E-state index contributed by atoms with van der Waals surface area (Å²) in [5.74, 6) is -0.129. The minimum atomic E-state index is -0.129. The number of thiophene rings is 1. The number of rotatable bonds is 4. The molecule has 0 saturated heterocycles. The molecule has 1 aromatic heterocycles. The average Bonchev–Trinajstić information content (AvgIpc) is 3.09. The van der Waals surface area contributed by atoms with E-state index in [0.29, 0.717) is 17.2 Å². The number of carbonyl (C=O) groups is 1. The van der Waals surface area contributed by atoms with Crippen LogP contribution >= 0.6 is 23.6 Å². The van der Waals surface area contributed by atoms with Crippen molar-refractivity contribution in [1.29, 1.82) is 0 Å². The monoisotopic (exact) mass is 329 g/mol. The fraction of sp³-hybridized carbons (Fsp3) is 0.188. The van der Waals surface area contributed by atoms with E-state index in [1.807, 2.05) is 60.8 Å². The largest absolute Gasteiger partial charge is 0.378 e. The highest BCUT2D eigenvalue weighted by Crippen LogP contribution is 2.24. The van der Waals surface area contributed by atoms with Crippen LogP contribution in [0.2, 0.25) is 0 Å². The normalized spacial score (nSPS) is 14.5. The van der Waals surface area contributed by atoms with Gasteiger partial charge in [0.15, 0.2) is 0 Å². The zero-order valence-electron chi connectivity index (χ0n) is 12.3. The van der Waals surface area contributed by atoms with Crippen LogP contribution in [-0.2, 0) is 11.2 Å². The average molecular weight is 329 g/mol. The van der Waals surface area contributed by atoms with Crippen LogP contribution in [0.15, 0.2) is 46.8 Å². The van der Waals surface area contributed by atoms with Crippen LogP contribution < -0.4 is 9.80 Å². The molecule has 1 aliphatic rings. The van der Waals surface area contributed by atoms with Crippen molar-refractivity contribution in [1.82, 2.24) is 0 Å². The van der Waals surface area contributed by atoms with Crippen molar-refractivity contribution in [2.45, 2.75) is 6.42 Å². The molecule has 0 N–H and O–H groups in total. The summed E-state index contributed by atoms with van der Waals surface area (Å²) in [6, 6.07) is 11.7. The van der Waals surface area contributed by atoms with Crippen LogP contribution in [0, 0.1) is 0 Å². The standard InChI is InChI=1S/C16H15N3OS2/c1-18(2)11-5-7-12(8-6-11)19-15(20)14(17-16(19)21)10-13-4-3-9-22-13/h3-9H,10H2,1-2H3. The molecule has 1 aromatic carbocycles. The lowest BCUT2D eigenvalue weighted by Gasteiger charge is -2.17. The first-order valence-corrected chi connectivity index (χ1v) is 8.11. The SMILES string of the molecule is CN(C)c1ccc(N2C(=O)C(Cc3cccs3)=NC2=S)cc1. The number of nitrogens with zero attached hydrogens (tertiary/aromatic N) is 3. The second-order valence-electron chi connectivity index (χ2n) is 5.15. The molecule has 0 aliphatic carbocycles. The Balaban J connectivity index is 1.81. The number of aliphatic imine (C=N–C) groups is 1. The highest BCUT2D eigenvalue weighted by molar-refractivity contribution is 7.80. The molecular formula is C16H15N3OS2. The van der Waals surface area contributed by atoms with Gasteiger partial charge in [-0.3, -0.25) is 9.69 Å². The van der Waals surface area contributed by atoms with Crippen LogP contribution in [0.4, 0.5) is 11.4 Å². The summed E-state index contributed by atoms with van der Waals surface area (Å²) in [5, 5.41) is 2.31. The summed E-state index contributed by atoms with van der Waals surface area (Å²) in [5.41, 5.74) is 2.33. The fourth-order valence-corrected chi connectivity index (χ4v) is 3.26. The van der Waals surface area contributed by atoms with Gasteiger partial charge in [0.25, 0.3) is 5.91 Å². The second-order valence-corrected chi connectivity index (χ2v) is 6.55. The first-order valence-electron chi connectivity index (χ1n) is 6.82. The third kappa shape index (κ3) is 2.80. The molecule has 6 heteroatoms. The van der Waals surface area contributed by atoms with Gasteiger partial charge in [0.05, 0.1) is 5.69 Å². The highest BCUT2D eigenvalue weighted by Gasteiger charge is 2.31. The highest BCUT2D eigenvalue weighted by atomic mass is 32.1. The molecule has 1 amide bonds. The van der Waals surface area contributed by atoms with Crippen molar-refractivity contribution in [2.24, 2.45) is 4.99 Å². The molecule has 0 unspecified atom stereocenters. The third-order valence-electron chi connectivity index (χ3n) is 3.42. The van der Waals surface area contributed by atoms with Gasteiger partial charge in [-0.05, 0) is 47.9 Å². The smallest absolute Gasteiger partial charge is 0.279 e. The third-order valence-corrected chi connectivity index (χ3v) is 4.57. The van der Waals surface area contributed by atoms with E-state index in [4.69, 9.17) is 12.2 Å².